The van der Waals surface area contributed by atoms with Gasteiger partial charge in [-0.25, -0.2) is 0 Å². The number of hydrogen-bond donors (Lipinski definition) is 4. The van der Waals surface area contributed by atoms with Gasteiger partial charge in [-0.3, -0.25) is 10.5 Å². The number of hydrogen-bond acceptors (Lipinski definition) is 5. The number of rotatable bonds is 33. The molecule has 0 aromatic heterocycles. The van der Waals surface area contributed by atoms with Gasteiger partial charge in [0.2, 0.25) is 0 Å². The lowest BCUT2D eigenvalue weighted by atomic mass is 9.90. The topological polar surface area (TPSA) is 104 Å². The molecule has 5 N–H and O–H groups in total. The third-order valence-corrected chi connectivity index (χ3v) is 8.91. The van der Waals surface area contributed by atoms with E-state index in [4.69, 9.17) is 5.73 Å². The molecule has 0 aliphatic heterocycles. The van der Waals surface area contributed by atoms with E-state index in [0.29, 0.717) is 12.8 Å². The van der Waals surface area contributed by atoms with Crippen LogP contribution in [0.4, 0.5) is 0 Å². The fourth-order valence-corrected chi connectivity index (χ4v) is 5.84. The molecule has 1 unspecified atom stereocenters. The van der Waals surface area contributed by atoms with Crippen molar-refractivity contribution in [3.63, 3.8) is 0 Å². The van der Waals surface area contributed by atoms with Crippen LogP contribution in [0.2, 0.25) is 0 Å². The highest BCUT2D eigenvalue weighted by Gasteiger charge is 2.50. The minimum Gasteiger partial charge on any atom is -0.370 e. The number of carbonyl (C=O) groups excluding carboxylic acids is 1. The Labute approximate surface area is 255 Å². The fraction of sp³-hybridized carbons (Fsp3) is 0.972. The summed E-state index contributed by atoms with van der Waals surface area (Å²) >= 11 is 0. The minimum absolute atomic E-state index is 0.0147. The van der Waals surface area contributed by atoms with Crippen molar-refractivity contribution in [2.45, 2.75) is 224 Å². The lowest BCUT2D eigenvalue weighted by Crippen LogP contribution is -2.65. The Balaban J connectivity index is 3.60. The number of carbonyl (C=O) groups is 1. The van der Waals surface area contributed by atoms with E-state index in [1.54, 1.807) is 0 Å². The van der Waals surface area contributed by atoms with Crippen LogP contribution in [0.25, 0.3) is 0 Å². The van der Waals surface area contributed by atoms with Crippen LogP contribution in [0.15, 0.2) is 0 Å². The van der Waals surface area contributed by atoms with Gasteiger partial charge in [0.15, 0.2) is 11.5 Å². The zero-order valence-corrected chi connectivity index (χ0v) is 27.7. The zero-order chi connectivity index (χ0) is 30.5. The first-order valence-corrected chi connectivity index (χ1v) is 18.3. The first-order valence-electron chi connectivity index (χ1n) is 18.3. The monoisotopic (exact) mass is 584 g/mol. The Morgan fingerprint density at radius 3 is 0.976 bits per heavy atom. The van der Waals surface area contributed by atoms with E-state index in [2.05, 4.69) is 13.8 Å². The smallest absolute Gasteiger partial charge is 0.267 e. The Hall–Kier alpha value is -0.490. The van der Waals surface area contributed by atoms with E-state index >= 15 is 0 Å². The molecule has 246 valence electrons. The molecule has 0 aliphatic rings. The van der Waals surface area contributed by atoms with Gasteiger partial charge in [0.1, 0.15) is 0 Å². The second-order valence-electron chi connectivity index (χ2n) is 13.1. The molecule has 0 bridgehead atoms. The van der Waals surface area contributed by atoms with Gasteiger partial charge in [-0.1, -0.05) is 187 Å². The number of ketones is 1. The van der Waals surface area contributed by atoms with Gasteiger partial charge >= 0.3 is 0 Å². The molecule has 0 radical (unpaired) electrons. The molecule has 0 amide bonds. The number of nitrogens with two attached hydrogens (primary N) is 1. The highest BCUT2D eigenvalue weighted by atomic mass is 16.5. The van der Waals surface area contributed by atoms with Crippen LogP contribution in [0, 0.1) is 0 Å². The molecule has 0 fully saturated rings. The van der Waals surface area contributed by atoms with Gasteiger partial charge in [-0.15, -0.1) is 0 Å². The maximum absolute atomic E-state index is 12.4. The molecule has 0 saturated heterocycles. The molecule has 1 atom stereocenters. The highest BCUT2D eigenvalue weighted by Crippen LogP contribution is 2.25. The molecule has 0 spiro atoms. The average Bonchev–Trinajstić information content (AvgIpc) is 2.95. The summed E-state index contributed by atoms with van der Waals surface area (Å²) in [7, 11) is 0. The van der Waals surface area contributed by atoms with Crippen LogP contribution in [-0.4, -0.2) is 32.6 Å². The zero-order valence-electron chi connectivity index (χ0n) is 27.7. The van der Waals surface area contributed by atoms with Crippen molar-refractivity contribution in [2.24, 2.45) is 5.73 Å². The van der Waals surface area contributed by atoms with E-state index in [-0.39, 0.29) is 12.8 Å². The number of Topliss-reactive ketones (excluding diaryl/α,β-unsaturated/α-hetero) is 1. The van der Waals surface area contributed by atoms with Gasteiger partial charge in [0.25, 0.3) is 5.79 Å². The maximum atomic E-state index is 12.4. The van der Waals surface area contributed by atoms with E-state index < -0.39 is 17.3 Å². The Bertz CT molecular complexity index is 564. The lowest BCUT2D eigenvalue weighted by molar-refractivity contribution is -0.260. The van der Waals surface area contributed by atoms with Crippen molar-refractivity contribution in [1.29, 1.82) is 0 Å². The van der Waals surface area contributed by atoms with Crippen LogP contribution >= 0.6 is 0 Å². The third kappa shape index (κ3) is 23.6. The number of unbranched alkanes of at least 4 members (excludes halogenated alkanes) is 27. The highest BCUT2D eigenvalue weighted by molar-refractivity contribution is 5.86. The first-order chi connectivity index (χ1) is 19.8. The van der Waals surface area contributed by atoms with Crippen LogP contribution < -0.4 is 5.73 Å². The summed E-state index contributed by atoms with van der Waals surface area (Å²) in [5.74, 6) is -3.64. The Morgan fingerprint density at radius 1 is 0.439 bits per heavy atom. The molecule has 0 saturated carbocycles. The van der Waals surface area contributed by atoms with Crippen LogP contribution in [0.1, 0.15) is 213 Å². The minimum atomic E-state index is -2.87. The second-order valence-corrected chi connectivity index (χ2v) is 13.1. The lowest BCUT2D eigenvalue weighted by Gasteiger charge is -2.35. The predicted octanol–water partition coefficient (Wildman–Crippen LogP) is 10.0. The molecular formula is C36H73NO4. The van der Waals surface area contributed by atoms with Crippen molar-refractivity contribution >= 4 is 5.78 Å². The van der Waals surface area contributed by atoms with Gasteiger partial charge in [-0.2, -0.15) is 0 Å². The van der Waals surface area contributed by atoms with E-state index in [9.17, 15) is 20.1 Å². The molecule has 41 heavy (non-hydrogen) atoms. The van der Waals surface area contributed by atoms with E-state index in [0.717, 1.165) is 38.5 Å². The Morgan fingerprint density at radius 2 is 0.683 bits per heavy atom. The van der Waals surface area contributed by atoms with Crippen molar-refractivity contribution in [2.75, 3.05) is 0 Å². The van der Waals surface area contributed by atoms with Crippen LogP contribution in [-0.2, 0) is 4.79 Å². The third-order valence-electron chi connectivity index (χ3n) is 8.91. The van der Waals surface area contributed by atoms with Gasteiger partial charge in [0, 0.05) is 6.42 Å². The van der Waals surface area contributed by atoms with Gasteiger partial charge < -0.3 is 15.3 Å². The number of aliphatic hydroxyl groups is 3. The van der Waals surface area contributed by atoms with Gasteiger partial charge in [0.05, 0.1) is 0 Å². The summed E-state index contributed by atoms with van der Waals surface area (Å²) in [6, 6.07) is 0. The van der Waals surface area contributed by atoms with Crippen LogP contribution in [0.3, 0.4) is 0 Å². The van der Waals surface area contributed by atoms with Crippen molar-refractivity contribution in [1.82, 2.24) is 0 Å². The summed E-state index contributed by atoms with van der Waals surface area (Å²) < 4.78 is 0. The largest absolute Gasteiger partial charge is 0.370 e. The summed E-state index contributed by atoms with van der Waals surface area (Å²) in [6.07, 6.45) is 35.8. The van der Waals surface area contributed by atoms with E-state index in [1.165, 1.54) is 135 Å². The molecule has 0 rings (SSSR count). The second kappa shape index (κ2) is 28.3. The summed E-state index contributed by atoms with van der Waals surface area (Å²) in [5, 5.41) is 31.1. The van der Waals surface area contributed by atoms with Crippen LogP contribution in [0.5, 0.6) is 0 Å². The van der Waals surface area contributed by atoms with Gasteiger partial charge in [-0.05, 0) is 19.3 Å². The average molecular weight is 584 g/mol. The normalized spacial score (nSPS) is 13.5. The SMILES string of the molecule is CCCCCCCCCCCCCCCCCCCCCCC(=O)C(O)(O)C(N)(O)CCCCCCCCCCC. The standard InChI is InChI=1S/C36H73NO4/c1-3-5-7-9-11-13-14-15-16-17-18-19-20-21-22-23-24-26-28-30-32-34(38)36(40,41)35(37,39)33-31-29-27-25-12-10-8-6-4-2/h39-41H,3-33,37H2,1-2H3. The van der Waals surface area contributed by atoms with Crippen molar-refractivity contribution in [3.8, 4) is 0 Å². The fourth-order valence-electron chi connectivity index (χ4n) is 5.84. The van der Waals surface area contributed by atoms with Crippen molar-refractivity contribution < 1.29 is 20.1 Å². The first kappa shape index (κ1) is 40.5. The Kier molecular flexibility index (Phi) is 28.0. The molecule has 0 aromatic carbocycles. The summed E-state index contributed by atoms with van der Waals surface area (Å²) in [4.78, 5) is 12.4. The molecular weight excluding hydrogens is 510 g/mol. The maximum Gasteiger partial charge on any atom is 0.267 e. The van der Waals surface area contributed by atoms with E-state index in [1.807, 2.05) is 0 Å². The summed E-state index contributed by atoms with van der Waals surface area (Å²) in [5.41, 5.74) is 3.51. The molecule has 0 aromatic rings. The predicted molar refractivity (Wildman–Crippen MR) is 176 cm³/mol. The molecule has 0 aliphatic carbocycles. The van der Waals surface area contributed by atoms with Crippen molar-refractivity contribution in [3.05, 3.63) is 0 Å². The summed E-state index contributed by atoms with van der Waals surface area (Å²) in [6.45, 7) is 4.49. The molecule has 5 heteroatoms. The molecule has 5 nitrogen and oxygen atoms in total. The quantitative estimate of drug-likeness (QED) is 0.0454. The molecule has 0 heterocycles.